The zero-order valence-corrected chi connectivity index (χ0v) is 15.8. The number of rotatable bonds is 9. The maximum absolute atomic E-state index is 10.3. The fourth-order valence-electron chi connectivity index (χ4n) is 3.10. The molecule has 2 aromatic heterocycles. The van der Waals surface area contributed by atoms with Crippen molar-refractivity contribution >= 4 is 29.7 Å². The zero-order chi connectivity index (χ0) is 19.4. The standard InChI is InChI=1S/C16H26N6O4S/c17-5-3-1-2-4-6-18-16-20-13-10(14(27)21-16)19-8-22(13)15-12(25)11(24)9(7-23)26-15/h8-9,11-12,15,23-25H,1-7,17H2,(H2,18,20,21,27)/t9-,11+,12?,15-/m1/s1. The van der Waals surface area contributed by atoms with E-state index in [1.54, 1.807) is 0 Å². The van der Waals surface area contributed by atoms with Crippen LogP contribution in [0.4, 0.5) is 5.95 Å². The van der Waals surface area contributed by atoms with E-state index in [2.05, 4.69) is 32.9 Å². The van der Waals surface area contributed by atoms with Crippen molar-refractivity contribution in [3.63, 3.8) is 0 Å². The Balaban J connectivity index is 1.75. The van der Waals surface area contributed by atoms with Gasteiger partial charge in [-0.1, -0.05) is 12.8 Å². The van der Waals surface area contributed by atoms with Crippen LogP contribution in [-0.4, -0.2) is 72.8 Å². The Hall–Kier alpha value is -1.50. The number of anilines is 1. The van der Waals surface area contributed by atoms with Crippen molar-refractivity contribution in [3.8, 4) is 0 Å². The number of hydrogen-bond acceptors (Lipinski definition) is 10. The largest absolute Gasteiger partial charge is 0.394 e. The second-order valence-corrected chi connectivity index (χ2v) is 6.98. The number of hydrogen-bond donors (Lipinski definition) is 6. The molecule has 10 nitrogen and oxygen atoms in total. The Morgan fingerprint density at radius 2 is 1.96 bits per heavy atom. The van der Waals surface area contributed by atoms with Gasteiger partial charge in [-0.15, -0.1) is 12.6 Å². The van der Waals surface area contributed by atoms with Crippen molar-refractivity contribution in [2.45, 2.75) is 55.2 Å². The Bertz CT molecular complexity index is 760. The average Bonchev–Trinajstić information content (AvgIpc) is 3.20. The number of ether oxygens (including phenoxy) is 1. The number of nitrogens with two attached hydrogens (primary N) is 1. The highest BCUT2D eigenvalue weighted by atomic mass is 32.1. The molecule has 4 atom stereocenters. The van der Waals surface area contributed by atoms with Crippen LogP contribution in [0.15, 0.2) is 11.4 Å². The summed E-state index contributed by atoms with van der Waals surface area (Å²) in [7, 11) is 0. The highest BCUT2D eigenvalue weighted by Crippen LogP contribution is 2.32. The second kappa shape index (κ2) is 9.13. The van der Waals surface area contributed by atoms with Crippen molar-refractivity contribution < 1.29 is 20.1 Å². The lowest BCUT2D eigenvalue weighted by atomic mass is 10.1. The van der Waals surface area contributed by atoms with E-state index in [1.165, 1.54) is 10.9 Å². The normalized spacial score (nSPS) is 25.4. The fraction of sp³-hybridized carbons (Fsp3) is 0.688. The summed E-state index contributed by atoms with van der Waals surface area (Å²) >= 11 is 4.37. The van der Waals surface area contributed by atoms with Gasteiger partial charge in [0.2, 0.25) is 5.95 Å². The van der Waals surface area contributed by atoms with E-state index in [-0.39, 0.29) is 0 Å². The molecule has 0 saturated carbocycles. The van der Waals surface area contributed by atoms with E-state index < -0.39 is 31.1 Å². The summed E-state index contributed by atoms with van der Waals surface area (Å²) in [5, 5.41) is 33.1. The predicted molar refractivity (Wildman–Crippen MR) is 102 cm³/mol. The minimum absolute atomic E-state index is 0.398. The molecule has 6 N–H and O–H groups in total. The van der Waals surface area contributed by atoms with E-state index in [9.17, 15) is 15.3 Å². The van der Waals surface area contributed by atoms with Crippen molar-refractivity contribution in [1.82, 2.24) is 19.5 Å². The zero-order valence-electron chi connectivity index (χ0n) is 14.9. The van der Waals surface area contributed by atoms with Crippen molar-refractivity contribution in [2.75, 3.05) is 25.0 Å². The van der Waals surface area contributed by atoms with Gasteiger partial charge in [0.25, 0.3) is 0 Å². The van der Waals surface area contributed by atoms with E-state index >= 15 is 0 Å². The number of nitrogens with zero attached hydrogens (tertiary/aromatic N) is 4. The van der Waals surface area contributed by atoms with E-state index in [0.29, 0.717) is 35.2 Å². The summed E-state index contributed by atoms with van der Waals surface area (Å²) in [6.07, 6.45) is 1.42. The molecule has 1 aliphatic heterocycles. The van der Waals surface area contributed by atoms with Gasteiger partial charge in [0, 0.05) is 6.54 Å². The molecule has 150 valence electrons. The molecule has 3 rings (SSSR count). The quantitative estimate of drug-likeness (QED) is 0.189. The third-order valence-electron chi connectivity index (χ3n) is 4.61. The fourth-order valence-corrected chi connectivity index (χ4v) is 3.35. The minimum atomic E-state index is -1.21. The van der Waals surface area contributed by atoms with Crippen LogP contribution in [0.25, 0.3) is 11.2 Å². The third kappa shape index (κ3) is 4.33. The van der Waals surface area contributed by atoms with Crippen LogP contribution in [0.3, 0.4) is 0 Å². The summed E-state index contributed by atoms with van der Waals surface area (Å²) in [5.41, 5.74) is 6.37. The highest BCUT2D eigenvalue weighted by molar-refractivity contribution is 7.80. The third-order valence-corrected chi connectivity index (χ3v) is 4.92. The Kier molecular flexibility index (Phi) is 6.84. The molecular weight excluding hydrogens is 372 g/mol. The van der Waals surface area contributed by atoms with Crippen LogP contribution in [0.5, 0.6) is 0 Å². The van der Waals surface area contributed by atoms with Crippen LogP contribution in [-0.2, 0) is 4.74 Å². The second-order valence-electron chi connectivity index (χ2n) is 6.55. The molecule has 0 aliphatic carbocycles. The molecule has 0 bridgehead atoms. The van der Waals surface area contributed by atoms with Gasteiger partial charge >= 0.3 is 0 Å². The molecule has 11 heteroatoms. The van der Waals surface area contributed by atoms with Gasteiger partial charge in [0.05, 0.1) is 12.9 Å². The summed E-state index contributed by atoms with van der Waals surface area (Å²) in [6.45, 7) is 1.03. The maximum Gasteiger partial charge on any atom is 0.225 e. The lowest BCUT2D eigenvalue weighted by Gasteiger charge is -2.16. The van der Waals surface area contributed by atoms with Crippen LogP contribution < -0.4 is 11.1 Å². The van der Waals surface area contributed by atoms with Crippen molar-refractivity contribution in [1.29, 1.82) is 0 Å². The van der Waals surface area contributed by atoms with Gasteiger partial charge in [0.15, 0.2) is 11.9 Å². The van der Waals surface area contributed by atoms with Gasteiger partial charge in [-0.3, -0.25) is 4.57 Å². The molecule has 1 unspecified atom stereocenters. The van der Waals surface area contributed by atoms with Gasteiger partial charge < -0.3 is 31.1 Å². The number of unbranched alkanes of at least 4 members (excludes halogenated alkanes) is 3. The van der Waals surface area contributed by atoms with E-state index in [0.717, 1.165) is 25.7 Å². The number of aliphatic hydroxyl groups excluding tert-OH is 3. The first kappa shape index (κ1) is 20.2. The molecule has 0 aromatic carbocycles. The number of thiol groups is 1. The predicted octanol–water partition coefficient (Wildman–Crippen LogP) is -0.343. The SMILES string of the molecule is NCCCCCCNc1nc(S)c2ncn([C@@H]3O[C@H](CO)[C@H](O)C3O)c2n1. The van der Waals surface area contributed by atoms with Crippen molar-refractivity contribution in [2.24, 2.45) is 5.73 Å². The van der Waals surface area contributed by atoms with Crippen LogP contribution in [0.2, 0.25) is 0 Å². The van der Waals surface area contributed by atoms with Gasteiger partial charge in [-0.25, -0.2) is 9.97 Å². The first-order valence-corrected chi connectivity index (χ1v) is 9.51. The van der Waals surface area contributed by atoms with Gasteiger partial charge in [-0.2, -0.15) is 4.98 Å². The number of aliphatic hydroxyl groups is 3. The maximum atomic E-state index is 10.3. The number of nitrogens with one attached hydrogen (secondary N) is 1. The van der Waals surface area contributed by atoms with Crippen LogP contribution >= 0.6 is 12.6 Å². The molecule has 1 aliphatic rings. The smallest absolute Gasteiger partial charge is 0.225 e. The highest BCUT2D eigenvalue weighted by Gasteiger charge is 2.44. The van der Waals surface area contributed by atoms with E-state index in [1.807, 2.05) is 0 Å². The summed E-state index contributed by atoms with van der Waals surface area (Å²) in [5.74, 6) is 0.403. The van der Waals surface area contributed by atoms with Crippen LogP contribution in [0, 0.1) is 0 Å². The average molecular weight is 398 g/mol. The van der Waals surface area contributed by atoms with Crippen LogP contribution in [0.1, 0.15) is 31.9 Å². The Morgan fingerprint density at radius 3 is 2.67 bits per heavy atom. The lowest BCUT2D eigenvalue weighted by molar-refractivity contribution is -0.0511. The molecule has 1 saturated heterocycles. The monoisotopic (exact) mass is 398 g/mol. The molecule has 3 heterocycles. The molecule has 0 radical (unpaired) electrons. The Labute approximate surface area is 162 Å². The molecule has 0 spiro atoms. The Morgan fingerprint density at radius 1 is 1.19 bits per heavy atom. The minimum Gasteiger partial charge on any atom is -0.394 e. The summed E-state index contributed by atoms with van der Waals surface area (Å²) in [4.78, 5) is 13.0. The van der Waals surface area contributed by atoms with Gasteiger partial charge in [-0.05, 0) is 19.4 Å². The summed E-state index contributed by atoms with van der Waals surface area (Å²) in [6, 6.07) is 0. The number of imidazole rings is 1. The molecule has 1 fully saturated rings. The number of fused-ring (bicyclic) bond motifs is 1. The lowest BCUT2D eigenvalue weighted by Crippen LogP contribution is -2.33. The summed E-state index contributed by atoms with van der Waals surface area (Å²) < 4.78 is 7.08. The first-order valence-electron chi connectivity index (χ1n) is 9.06. The molecule has 2 aromatic rings. The topological polar surface area (TPSA) is 152 Å². The molecule has 27 heavy (non-hydrogen) atoms. The van der Waals surface area contributed by atoms with Gasteiger partial charge in [0.1, 0.15) is 28.9 Å². The number of aromatic nitrogens is 4. The molecule has 0 amide bonds. The van der Waals surface area contributed by atoms with E-state index in [4.69, 9.17) is 10.5 Å². The first-order chi connectivity index (χ1) is 13.1. The molecular formula is C16H26N6O4S. The van der Waals surface area contributed by atoms with Crippen molar-refractivity contribution in [3.05, 3.63) is 6.33 Å².